The van der Waals surface area contributed by atoms with Gasteiger partial charge in [0.2, 0.25) is 0 Å². The summed E-state index contributed by atoms with van der Waals surface area (Å²) in [5, 5.41) is 11.2. The van der Waals surface area contributed by atoms with Gasteiger partial charge in [0.05, 0.1) is 5.69 Å². The molecule has 0 radical (unpaired) electrons. The average molecular weight is 228 g/mol. The summed E-state index contributed by atoms with van der Waals surface area (Å²) in [6.45, 7) is 2.25. The number of benzene rings is 1. The molecule has 88 valence electrons. The van der Waals surface area contributed by atoms with Crippen molar-refractivity contribution in [2.45, 2.75) is 25.8 Å². The Labute approximate surface area is 101 Å². The molecule has 1 heterocycles. The molecule has 0 saturated heterocycles. The van der Waals surface area contributed by atoms with Crippen molar-refractivity contribution in [3.8, 4) is 5.69 Å². The second-order valence-corrected chi connectivity index (χ2v) is 4.69. The zero-order chi connectivity index (χ0) is 11.7. The van der Waals surface area contributed by atoms with E-state index in [4.69, 9.17) is 0 Å². The van der Waals surface area contributed by atoms with Gasteiger partial charge in [-0.05, 0) is 43.9 Å². The van der Waals surface area contributed by atoms with Gasteiger partial charge >= 0.3 is 0 Å². The molecule has 0 amide bonds. The van der Waals surface area contributed by atoms with Crippen molar-refractivity contribution in [3.63, 3.8) is 0 Å². The summed E-state index contributed by atoms with van der Waals surface area (Å²) >= 11 is 0. The van der Waals surface area contributed by atoms with Gasteiger partial charge in [0, 0.05) is 11.7 Å². The van der Waals surface area contributed by atoms with E-state index in [1.165, 1.54) is 12.8 Å². The van der Waals surface area contributed by atoms with Crippen molar-refractivity contribution < 1.29 is 0 Å². The summed E-state index contributed by atoms with van der Waals surface area (Å²) in [5.41, 5.74) is 2.25. The van der Waals surface area contributed by atoms with Crippen molar-refractivity contribution >= 4 is 5.69 Å². The van der Waals surface area contributed by atoms with Crippen molar-refractivity contribution in [1.29, 1.82) is 0 Å². The number of aromatic nitrogens is 3. The molecule has 1 saturated carbocycles. The summed E-state index contributed by atoms with van der Waals surface area (Å²) in [6.07, 6.45) is 6.14. The third-order valence-corrected chi connectivity index (χ3v) is 3.29. The Morgan fingerprint density at radius 3 is 2.76 bits per heavy atom. The van der Waals surface area contributed by atoms with E-state index >= 15 is 0 Å². The first-order chi connectivity index (χ1) is 8.33. The minimum absolute atomic E-state index is 0.561. The molecule has 1 aromatic carbocycles. The molecule has 0 bridgehead atoms. The van der Waals surface area contributed by atoms with Crippen LogP contribution in [0.5, 0.6) is 0 Å². The quantitative estimate of drug-likeness (QED) is 0.874. The average Bonchev–Trinajstić information content (AvgIpc) is 3.05. The molecule has 4 heteroatoms. The summed E-state index contributed by atoms with van der Waals surface area (Å²) in [5.74, 6) is 0.855. The second-order valence-electron chi connectivity index (χ2n) is 4.69. The van der Waals surface area contributed by atoms with Crippen LogP contribution >= 0.6 is 0 Å². The number of hydrogen-bond acceptors (Lipinski definition) is 3. The predicted molar refractivity (Wildman–Crippen MR) is 67.2 cm³/mol. The van der Waals surface area contributed by atoms with Crippen molar-refractivity contribution in [3.05, 3.63) is 36.9 Å². The maximum absolute atomic E-state index is 3.82. The largest absolute Gasteiger partial charge is 0.382 e. The molecule has 17 heavy (non-hydrogen) atoms. The first-order valence-corrected chi connectivity index (χ1v) is 6.04. The van der Waals surface area contributed by atoms with Gasteiger partial charge in [0.25, 0.3) is 0 Å². The summed E-state index contributed by atoms with van der Waals surface area (Å²) in [7, 11) is 0. The lowest BCUT2D eigenvalue weighted by Gasteiger charge is -2.15. The lowest BCUT2D eigenvalue weighted by atomic mass is 10.2. The standard InChI is InChI=1S/C13H16N4/c1-10(11-5-6-11)16-12-3-2-4-13(7-12)17-8-14-15-9-17/h2-4,7-11,16H,5-6H2,1H3. The number of anilines is 1. The second kappa shape index (κ2) is 4.20. The molecule has 3 rings (SSSR count). The highest BCUT2D eigenvalue weighted by Crippen LogP contribution is 2.34. The Morgan fingerprint density at radius 1 is 1.29 bits per heavy atom. The van der Waals surface area contributed by atoms with E-state index in [0.717, 1.165) is 17.3 Å². The fourth-order valence-electron chi connectivity index (χ4n) is 2.07. The van der Waals surface area contributed by atoms with E-state index < -0.39 is 0 Å². The maximum Gasteiger partial charge on any atom is 0.123 e. The van der Waals surface area contributed by atoms with Gasteiger partial charge in [-0.2, -0.15) is 0 Å². The minimum atomic E-state index is 0.561. The molecule has 4 nitrogen and oxygen atoms in total. The monoisotopic (exact) mass is 228 g/mol. The van der Waals surface area contributed by atoms with Crippen LogP contribution in [0.25, 0.3) is 5.69 Å². The van der Waals surface area contributed by atoms with Gasteiger partial charge in [-0.1, -0.05) is 6.07 Å². The molecule has 0 aliphatic heterocycles. The summed E-state index contributed by atoms with van der Waals surface area (Å²) in [6, 6.07) is 8.90. The molecule has 1 fully saturated rings. The van der Waals surface area contributed by atoms with E-state index in [2.05, 4.69) is 46.7 Å². The van der Waals surface area contributed by atoms with E-state index in [9.17, 15) is 0 Å². The van der Waals surface area contributed by atoms with Crippen LogP contribution in [0.1, 0.15) is 19.8 Å². The molecule has 2 aromatic rings. The smallest absolute Gasteiger partial charge is 0.123 e. The molecular weight excluding hydrogens is 212 g/mol. The maximum atomic E-state index is 3.82. The zero-order valence-electron chi connectivity index (χ0n) is 9.87. The number of hydrogen-bond donors (Lipinski definition) is 1. The molecular formula is C13H16N4. The first-order valence-electron chi connectivity index (χ1n) is 6.04. The molecule has 1 aromatic heterocycles. The summed E-state index contributed by atoms with van der Waals surface area (Å²) in [4.78, 5) is 0. The highest BCUT2D eigenvalue weighted by atomic mass is 15.2. The predicted octanol–water partition coefficient (Wildman–Crippen LogP) is 2.48. The Bertz CT molecular complexity index is 488. The first kappa shape index (κ1) is 10.3. The fraction of sp³-hybridized carbons (Fsp3) is 0.385. The topological polar surface area (TPSA) is 42.7 Å². The van der Waals surface area contributed by atoms with E-state index in [1.54, 1.807) is 12.7 Å². The lowest BCUT2D eigenvalue weighted by Crippen LogP contribution is -2.17. The molecule has 1 aliphatic carbocycles. The van der Waals surface area contributed by atoms with Crippen LogP contribution in [-0.4, -0.2) is 20.8 Å². The van der Waals surface area contributed by atoms with E-state index in [-0.39, 0.29) is 0 Å². The molecule has 0 spiro atoms. The van der Waals surface area contributed by atoms with Gasteiger partial charge in [-0.15, -0.1) is 10.2 Å². The van der Waals surface area contributed by atoms with Gasteiger partial charge in [0.1, 0.15) is 12.7 Å². The Morgan fingerprint density at radius 2 is 2.06 bits per heavy atom. The van der Waals surface area contributed by atoms with Crippen LogP contribution in [0.2, 0.25) is 0 Å². The zero-order valence-corrected chi connectivity index (χ0v) is 9.87. The van der Waals surface area contributed by atoms with Gasteiger partial charge in [-0.3, -0.25) is 4.57 Å². The summed E-state index contributed by atoms with van der Waals surface area (Å²) < 4.78 is 1.91. The minimum Gasteiger partial charge on any atom is -0.382 e. The number of nitrogens with zero attached hydrogens (tertiary/aromatic N) is 3. The molecule has 1 N–H and O–H groups in total. The Hall–Kier alpha value is -1.84. The van der Waals surface area contributed by atoms with Crippen LogP contribution in [0.4, 0.5) is 5.69 Å². The highest BCUT2D eigenvalue weighted by molar-refractivity contribution is 5.51. The fourth-order valence-corrected chi connectivity index (χ4v) is 2.07. The third kappa shape index (κ3) is 2.30. The van der Waals surface area contributed by atoms with Crippen molar-refractivity contribution in [2.24, 2.45) is 5.92 Å². The number of rotatable bonds is 4. The highest BCUT2D eigenvalue weighted by Gasteiger charge is 2.27. The third-order valence-electron chi connectivity index (χ3n) is 3.29. The Kier molecular flexibility index (Phi) is 2.55. The Balaban J connectivity index is 1.79. The van der Waals surface area contributed by atoms with Crippen LogP contribution in [0, 0.1) is 5.92 Å². The normalized spacial score (nSPS) is 16.8. The van der Waals surface area contributed by atoms with Crippen LogP contribution < -0.4 is 5.32 Å². The van der Waals surface area contributed by atoms with Crippen molar-refractivity contribution in [2.75, 3.05) is 5.32 Å². The van der Waals surface area contributed by atoms with Gasteiger partial charge in [0.15, 0.2) is 0 Å². The van der Waals surface area contributed by atoms with Crippen molar-refractivity contribution in [1.82, 2.24) is 14.8 Å². The van der Waals surface area contributed by atoms with Crippen LogP contribution in [0.15, 0.2) is 36.9 Å². The van der Waals surface area contributed by atoms with E-state index in [0.29, 0.717) is 6.04 Å². The van der Waals surface area contributed by atoms with Crippen LogP contribution in [0.3, 0.4) is 0 Å². The van der Waals surface area contributed by atoms with Crippen LogP contribution in [-0.2, 0) is 0 Å². The SMILES string of the molecule is CC(Nc1cccc(-n2cnnc2)c1)C1CC1. The molecule has 1 unspecified atom stereocenters. The van der Waals surface area contributed by atoms with Gasteiger partial charge in [-0.25, -0.2) is 0 Å². The lowest BCUT2D eigenvalue weighted by molar-refractivity contribution is 0.694. The van der Waals surface area contributed by atoms with Gasteiger partial charge < -0.3 is 5.32 Å². The van der Waals surface area contributed by atoms with E-state index in [1.807, 2.05) is 4.57 Å². The number of nitrogens with one attached hydrogen (secondary N) is 1. The molecule has 1 atom stereocenters. The molecule has 1 aliphatic rings.